The van der Waals surface area contributed by atoms with Crippen LogP contribution in [0.1, 0.15) is 65.2 Å². The lowest BCUT2D eigenvalue weighted by atomic mass is 9.43. The number of hydrogen-bond donors (Lipinski definition) is 2. The summed E-state index contributed by atoms with van der Waals surface area (Å²) in [4.78, 5) is 0. The van der Waals surface area contributed by atoms with E-state index in [9.17, 15) is 0 Å². The van der Waals surface area contributed by atoms with Gasteiger partial charge in [-0.1, -0.05) is 13.8 Å². The molecule has 2 N–H and O–H groups in total. The highest BCUT2D eigenvalue weighted by molar-refractivity contribution is 7.80. The third kappa shape index (κ3) is 2.18. The highest BCUT2D eigenvalue weighted by atomic mass is 32.1. The van der Waals surface area contributed by atoms with Crippen LogP contribution < -0.4 is 10.6 Å². The van der Waals surface area contributed by atoms with Gasteiger partial charge in [0, 0.05) is 11.6 Å². The maximum Gasteiger partial charge on any atom is 0.166 e. The second-order valence-corrected chi connectivity index (χ2v) is 9.19. The van der Waals surface area contributed by atoms with Gasteiger partial charge in [0.1, 0.15) is 0 Å². The van der Waals surface area contributed by atoms with E-state index in [2.05, 4.69) is 24.5 Å². The van der Waals surface area contributed by atoms with Gasteiger partial charge in [0.15, 0.2) is 5.11 Å². The van der Waals surface area contributed by atoms with E-state index in [0.717, 1.165) is 11.0 Å². The zero-order valence-corrected chi connectivity index (χ0v) is 13.0. The molecule has 0 saturated heterocycles. The van der Waals surface area contributed by atoms with Crippen molar-refractivity contribution in [3.63, 3.8) is 0 Å². The Morgan fingerprint density at radius 2 is 1.63 bits per heavy atom. The van der Waals surface area contributed by atoms with Crippen molar-refractivity contribution in [3.8, 4) is 0 Å². The summed E-state index contributed by atoms with van der Waals surface area (Å²) in [5.41, 5.74) is 1.44. The van der Waals surface area contributed by atoms with Crippen LogP contribution in [0.2, 0.25) is 0 Å². The summed E-state index contributed by atoms with van der Waals surface area (Å²) >= 11 is 5.56. The lowest BCUT2D eigenvalue weighted by molar-refractivity contribution is -0.111. The summed E-state index contributed by atoms with van der Waals surface area (Å²) in [6.45, 7) is 5.03. The Kier molecular flexibility index (Phi) is 2.40. The first kappa shape index (κ1) is 12.4. The molecule has 2 unspecified atom stereocenters. The predicted molar refractivity (Wildman–Crippen MR) is 82.0 cm³/mol. The topological polar surface area (TPSA) is 24.1 Å². The van der Waals surface area contributed by atoms with E-state index in [1.807, 2.05) is 0 Å². The lowest BCUT2D eigenvalue weighted by Crippen LogP contribution is -2.66. The first-order chi connectivity index (χ1) is 8.88. The Bertz CT molecular complexity index is 410. The van der Waals surface area contributed by atoms with Crippen molar-refractivity contribution in [2.24, 2.45) is 16.7 Å². The molecule has 3 heteroatoms. The van der Waals surface area contributed by atoms with E-state index >= 15 is 0 Å². The molecular weight excluding hydrogens is 252 g/mol. The van der Waals surface area contributed by atoms with Crippen molar-refractivity contribution in [2.45, 2.75) is 76.8 Å². The minimum absolute atomic E-state index is 0.307. The van der Waals surface area contributed by atoms with E-state index in [1.54, 1.807) is 0 Å². The van der Waals surface area contributed by atoms with Crippen LogP contribution in [0.15, 0.2) is 0 Å². The summed E-state index contributed by atoms with van der Waals surface area (Å²) in [5.74, 6) is 0.933. The molecule has 19 heavy (non-hydrogen) atoms. The van der Waals surface area contributed by atoms with E-state index in [-0.39, 0.29) is 0 Å². The van der Waals surface area contributed by atoms with Gasteiger partial charge in [-0.3, -0.25) is 0 Å². The second kappa shape index (κ2) is 3.66. The van der Waals surface area contributed by atoms with E-state index in [0.29, 0.717) is 22.4 Å². The standard InChI is InChI=1S/C16H26N2S/c1-14-5-11-6-15(2,8-14)10-16(7-11,9-14)18-13(19)17-12-3-4-12/h11-12H,3-10H2,1-2H3,(H2,17,18,19). The quantitative estimate of drug-likeness (QED) is 0.757. The molecule has 0 heterocycles. The fraction of sp³-hybridized carbons (Fsp3) is 0.938. The molecule has 5 aliphatic carbocycles. The molecule has 5 saturated carbocycles. The molecule has 4 bridgehead atoms. The number of hydrogen-bond acceptors (Lipinski definition) is 1. The van der Waals surface area contributed by atoms with Gasteiger partial charge in [-0.15, -0.1) is 0 Å². The molecule has 5 fully saturated rings. The molecule has 0 aromatic heterocycles. The largest absolute Gasteiger partial charge is 0.360 e. The highest BCUT2D eigenvalue weighted by Crippen LogP contribution is 2.66. The van der Waals surface area contributed by atoms with Crippen molar-refractivity contribution in [1.82, 2.24) is 10.6 Å². The number of nitrogens with one attached hydrogen (secondary N) is 2. The minimum atomic E-state index is 0.307. The zero-order valence-electron chi connectivity index (χ0n) is 12.2. The molecule has 0 aliphatic heterocycles. The van der Waals surface area contributed by atoms with Gasteiger partial charge in [0.2, 0.25) is 0 Å². The Morgan fingerprint density at radius 1 is 1.00 bits per heavy atom. The summed E-state index contributed by atoms with van der Waals surface area (Å²) in [5, 5.41) is 8.17. The van der Waals surface area contributed by atoms with Crippen LogP contribution >= 0.6 is 12.2 Å². The average Bonchev–Trinajstić information content (AvgIpc) is 2.93. The monoisotopic (exact) mass is 278 g/mol. The van der Waals surface area contributed by atoms with Gasteiger partial charge < -0.3 is 10.6 Å². The number of rotatable bonds is 2. The molecule has 2 nitrogen and oxygen atoms in total. The number of thiocarbonyl (C=S) groups is 1. The summed E-state index contributed by atoms with van der Waals surface area (Å²) in [7, 11) is 0. The first-order valence-corrected chi connectivity index (χ1v) is 8.37. The zero-order chi connectivity index (χ0) is 13.3. The van der Waals surface area contributed by atoms with Crippen molar-refractivity contribution in [3.05, 3.63) is 0 Å². The van der Waals surface area contributed by atoms with Crippen LogP contribution in [0.25, 0.3) is 0 Å². The second-order valence-electron chi connectivity index (χ2n) is 8.78. The van der Waals surface area contributed by atoms with Crippen LogP contribution in [0.3, 0.4) is 0 Å². The lowest BCUT2D eigenvalue weighted by Gasteiger charge is -2.65. The Hall–Kier alpha value is -0.310. The molecule has 0 aromatic rings. The van der Waals surface area contributed by atoms with Gasteiger partial charge in [-0.2, -0.15) is 0 Å². The SMILES string of the molecule is CC12CC3CC(C)(C1)CC(NC(=S)NC1CC1)(C3)C2. The Labute approximate surface area is 122 Å². The highest BCUT2D eigenvalue weighted by Gasteiger charge is 2.60. The van der Waals surface area contributed by atoms with Gasteiger partial charge in [0.25, 0.3) is 0 Å². The van der Waals surface area contributed by atoms with Gasteiger partial charge in [-0.05, 0) is 80.3 Å². The van der Waals surface area contributed by atoms with Gasteiger partial charge in [0.05, 0.1) is 0 Å². The van der Waals surface area contributed by atoms with Crippen molar-refractivity contribution in [2.75, 3.05) is 0 Å². The normalized spacial score (nSPS) is 51.2. The smallest absolute Gasteiger partial charge is 0.166 e. The predicted octanol–water partition coefficient (Wildman–Crippen LogP) is 3.36. The van der Waals surface area contributed by atoms with Gasteiger partial charge >= 0.3 is 0 Å². The van der Waals surface area contributed by atoms with Crippen molar-refractivity contribution >= 4 is 17.3 Å². The van der Waals surface area contributed by atoms with Crippen LogP contribution in [-0.4, -0.2) is 16.7 Å². The molecular formula is C16H26N2S. The van der Waals surface area contributed by atoms with Crippen LogP contribution in [-0.2, 0) is 0 Å². The minimum Gasteiger partial charge on any atom is -0.360 e. The van der Waals surface area contributed by atoms with Crippen molar-refractivity contribution < 1.29 is 0 Å². The third-order valence-corrected chi connectivity index (χ3v) is 6.14. The molecule has 106 valence electrons. The Morgan fingerprint density at radius 3 is 2.16 bits per heavy atom. The van der Waals surface area contributed by atoms with Gasteiger partial charge in [-0.25, -0.2) is 0 Å². The molecule has 0 radical (unpaired) electrons. The maximum atomic E-state index is 5.56. The fourth-order valence-electron chi connectivity index (χ4n) is 6.28. The summed E-state index contributed by atoms with van der Waals surface area (Å²) in [6.07, 6.45) is 11.0. The molecule has 2 atom stereocenters. The van der Waals surface area contributed by atoms with Crippen molar-refractivity contribution in [1.29, 1.82) is 0 Å². The van der Waals surface area contributed by atoms with Crippen LogP contribution in [0.4, 0.5) is 0 Å². The Balaban J connectivity index is 1.54. The summed E-state index contributed by atoms with van der Waals surface area (Å²) in [6, 6.07) is 0.667. The maximum absolute atomic E-state index is 5.56. The summed E-state index contributed by atoms with van der Waals surface area (Å²) < 4.78 is 0. The molecule has 0 aromatic carbocycles. The van der Waals surface area contributed by atoms with E-state index < -0.39 is 0 Å². The molecule has 0 spiro atoms. The fourth-order valence-corrected chi connectivity index (χ4v) is 6.66. The van der Waals surface area contributed by atoms with E-state index in [1.165, 1.54) is 51.4 Å². The van der Waals surface area contributed by atoms with E-state index in [4.69, 9.17) is 12.2 Å². The molecule has 5 aliphatic rings. The molecule has 0 amide bonds. The van der Waals surface area contributed by atoms with Crippen LogP contribution in [0.5, 0.6) is 0 Å². The molecule has 5 rings (SSSR count). The average molecular weight is 278 g/mol. The third-order valence-electron chi connectivity index (χ3n) is 5.92. The first-order valence-electron chi connectivity index (χ1n) is 7.97. The van der Waals surface area contributed by atoms with Crippen LogP contribution in [0, 0.1) is 16.7 Å².